The standard InChI is InChI=1S/C25H33N5O9S/c1-40-9-8-18(25(38)39)29-23(36)17(6-7-20(31)32)28-24(37)19(30-22(35)15(26)11-21(33)34)10-13-12-27-16-5-3-2-4-14(13)16/h2-5,12,15,17-19,27H,6-11,26H2,1H3,(H,28,37)(H,29,36)(H,30,35)(H,31,32)(H,33,34)(H,38,39). The van der Waals surface area contributed by atoms with Gasteiger partial charge in [0.05, 0.1) is 12.5 Å². The number of carbonyl (C=O) groups excluding carboxylic acids is 3. The number of hydrogen-bond donors (Lipinski definition) is 8. The molecule has 1 aromatic carbocycles. The first-order chi connectivity index (χ1) is 18.9. The zero-order chi connectivity index (χ0) is 29.8. The van der Waals surface area contributed by atoms with Gasteiger partial charge in [0, 0.05) is 29.9 Å². The number of para-hydroxylation sites is 1. The van der Waals surface area contributed by atoms with Crippen LogP contribution >= 0.6 is 11.8 Å². The summed E-state index contributed by atoms with van der Waals surface area (Å²) >= 11 is 1.37. The molecule has 1 aromatic heterocycles. The van der Waals surface area contributed by atoms with E-state index in [-0.39, 0.29) is 19.3 Å². The lowest BCUT2D eigenvalue weighted by molar-refractivity contribution is -0.143. The van der Waals surface area contributed by atoms with Crippen molar-refractivity contribution < 1.29 is 44.1 Å². The lowest BCUT2D eigenvalue weighted by Crippen LogP contribution is -2.57. The van der Waals surface area contributed by atoms with Crippen LogP contribution in [-0.2, 0) is 35.2 Å². The van der Waals surface area contributed by atoms with Crippen molar-refractivity contribution in [3.63, 3.8) is 0 Å². The van der Waals surface area contributed by atoms with Crippen molar-refractivity contribution in [1.82, 2.24) is 20.9 Å². The van der Waals surface area contributed by atoms with E-state index in [1.807, 2.05) is 0 Å². The SMILES string of the molecule is CSCCC(NC(=O)C(CCC(=O)O)NC(=O)C(Cc1c[nH]c2ccccc12)NC(=O)C(N)CC(=O)O)C(=O)O. The van der Waals surface area contributed by atoms with E-state index >= 15 is 0 Å². The fourth-order valence-electron chi connectivity index (χ4n) is 3.86. The van der Waals surface area contributed by atoms with E-state index in [1.165, 1.54) is 11.8 Å². The van der Waals surface area contributed by atoms with Gasteiger partial charge in [0.1, 0.15) is 18.1 Å². The third-order valence-electron chi connectivity index (χ3n) is 5.97. The number of carbonyl (C=O) groups is 6. The molecule has 0 aliphatic rings. The van der Waals surface area contributed by atoms with Gasteiger partial charge < -0.3 is 42.0 Å². The van der Waals surface area contributed by atoms with Crippen molar-refractivity contribution in [2.45, 2.75) is 56.3 Å². The molecule has 0 aliphatic heterocycles. The van der Waals surface area contributed by atoms with Gasteiger partial charge in [-0.25, -0.2) is 4.79 Å². The smallest absolute Gasteiger partial charge is 0.326 e. The van der Waals surface area contributed by atoms with Crippen LogP contribution in [0.3, 0.4) is 0 Å². The van der Waals surface area contributed by atoms with Gasteiger partial charge in [0.2, 0.25) is 17.7 Å². The van der Waals surface area contributed by atoms with Crippen LogP contribution in [0, 0.1) is 0 Å². The van der Waals surface area contributed by atoms with E-state index in [0.29, 0.717) is 11.3 Å². The van der Waals surface area contributed by atoms with E-state index in [0.717, 1.165) is 10.9 Å². The van der Waals surface area contributed by atoms with Crippen molar-refractivity contribution in [2.75, 3.05) is 12.0 Å². The van der Waals surface area contributed by atoms with Crippen LogP contribution in [0.1, 0.15) is 31.2 Å². The molecule has 40 heavy (non-hydrogen) atoms. The summed E-state index contributed by atoms with van der Waals surface area (Å²) in [6.07, 6.45) is 1.86. The van der Waals surface area contributed by atoms with E-state index < -0.39 is 72.6 Å². The Hall–Kier alpha value is -4.11. The largest absolute Gasteiger partial charge is 0.481 e. The molecular formula is C25H33N5O9S. The molecule has 2 aromatic rings. The number of thioether (sulfide) groups is 1. The Labute approximate surface area is 233 Å². The molecule has 14 nitrogen and oxygen atoms in total. The average molecular weight is 580 g/mol. The Morgan fingerprint density at radius 3 is 2.12 bits per heavy atom. The first-order valence-electron chi connectivity index (χ1n) is 12.3. The molecule has 0 fully saturated rings. The molecular weight excluding hydrogens is 546 g/mol. The number of fused-ring (bicyclic) bond motifs is 1. The second-order valence-corrected chi connectivity index (χ2v) is 9.99. The summed E-state index contributed by atoms with van der Waals surface area (Å²) < 4.78 is 0. The van der Waals surface area contributed by atoms with E-state index in [4.69, 9.17) is 15.9 Å². The first kappa shape index (κ1) is 32.1. The predicted molar refractivity (Wildman–Crippen MR) is 146 cm³/mol. The number of H-pyrrole nitrogens is 1. The highest BCUT2D eigenvalue weighted by atomic mass is 32.2. The van der Waals surface area contributed by atoms with Crippen molar-refractivity contribution in [1.29, 1.82) is 0 Å². The number of aliphatic carboxylic acids is 3. The molecule has 0 saturated heterocycles. The molecule has 0 saturated carbocycles. The number of aromatic amines is 1. The van der Waals surface area contributed by atoms with Gasteiger partial charge in [-0.3, -0.25) is 24.0 Å². The topological polar surface area (TPSA) is 241 Å². The first-order valence-corrected chi connectivity index (χ1v) is 13.7. The molecule has 4 unspecified atom stereocenters. The summed E-state index contributed by atoms with van der Waals surface area (Å²) in [5, 5.41) is 35.5. The molecule has 0 spiro atoms. The number of benzene rings is 1. The maximum atomic E-state index is 13.4. The highest BCUT2D eigenvalue weighted by Gasteiger charge is 2.31. The van der Waals surface area contributed by atoms with Crippen LogP contribution in [0.5, 0.6) is 0 Å². The third-order valence-corrected chi connectivity index (χ3v) is 6.61. The molecule has 4 atom stereocenters. The molecule has 2 rings (SSSR count). The molecule has 0 aliphatic carbocycles. The van der Waals surface area contributed by atoms with Gasteiger partial charge in [-0.15, -0.1) is 0 Å². The molecule has 0 bridgehead atoms. The number of aromatic nitrogens is 1. The number of carboxylic acid groups (broad SMARTS) is 3. The molecule has 218 valence electrons. The van der Waals surface area contributed by atoms with Crippen LogP contribution in [-0.4, -0.2) is 92.1 Å². The number of carboxylic acids is 3. The van der Waals surface area contributed by atoms with Crippen molar-refractivity contribution in [3.8, 4) is 0 Å². The number of amides is 3. The number of nitrogens with two attached hydrogens (primary N) is 1. The summed E-state index contributed by atoms with van der Waals surface area (Å²) in [4.78, 5) is 75.8. The monoisotopic (exact) mass is 579 g/mol. The second-order valence-electron chi connectivity index (χ2n) is 9.00. The number of rotatable bonds is 17. The van der Waals surface area contributed by atoms with Crippen LogP contribution in [0.2, 0.25) is 0 Å². The summed E-state index contributed by atoms with van der Waals surface area (Å²) in [7, 11) is 0. The fraction of sp³-hybridized carbons (Fsp3) is 0.440. The Kier molecular flexibility index (Phi) is 12.4. The third kappa shape index (κ3) is 9.89. The van der Waals surface area contributed by atoms with Crippen LogP contribution in [0.25, 0.3) is 10.9 Å². The lowest BCUT2D eigenvalue weighted by Gasteiger charge is -2.25. The summed E-state index contributed by atoms with van der Waals surface area (Å²) in [5.41, 5.74) is 7.05. The normalized spacial score (nSPS) is 13.9. The van der Waals surface area contributed by atoms with Crippen molar-refractivity contribution >= 4 is 58.3 Å². The Morgan fingerprint density at radius 2 is 1.50 bits per heavy atom. The van der Waals surface area contributed by atoms with Gasteiger partial charge in [-0.1, -0.05) is 18.2 Å². The summed E-state index contributed by atoms with van der Waals surface area (Å²) in [6, 6.07) is 1.67. The molecule has 0 radical (unpaired) electrons. The summed E-state index contributed by atoms with van der Waals surface area (Å²) in [6.45, 7) is 0. The second kappa shape index (κ2) is 15.5. The zero-order valence-electron chi connectivity index (χ0n) is 21.7. The zero-order valence-corrected chi connectivity index (χ0v) is 22.5. The average Bonchev–Trinajstić information content (AvgIpc) is 3.30. The predicted octanol–water partition coefficient (Wildman–Crippen LogP) is -0.331. The summed E-state index contributed by atoms with van der Waals surface area (Å²) in [5.74, 6) is -6.11. The van der Waals surface area contributed by atoms with Crippen LogP contribution in [0.4, 0.5) is 0 Å². The molecule has 15 heteroatoms. The van der Waals surface area contributed by atoms with Crippen molar-refractivity contribution in [2.24, 2.45) is 5.73 Å². The highest BCUT2D eigenvalue weighted by molar-refractivity contribution is 7.98. The van der Waals surface area contributed by atoms with Gasteiger partial charge in [0.25, 0.3) is 0 Å². The van der Waals surface area contributed by atoms with Crippen LogP contribution in [0.15, 0.2) is 30.5 Å². The Balaban J connectivity index is 2.31. The molecule has 3 amide bonds. The van der Waals surface area contributed by atoms with Gasteiger partial charge in [0.15, 0.2) is 0 Å². The minimum absolute atomic E-state index is 0.0832. The van der Waals surface area contributed by atoms with E-state index in [1.54, 1.807) is 36.7 Å². The van der Waals surface area contributed by atoms with Gasteiger partial charge >= 0.3 is 17.9 Å². The van der Waals surface area contributed by atoms with E-state index in [2.05, 4.69) is 20.9 Å². The van der Waals surface area contributed by atoms with Crippen molar-refractivity contribution in [3.05, 3.63) is 36.0 Å². The van der Waals surface area contributed by atoms with Gasteiger partial charge in [-0.05, 0) is 36.5 Å². The fourth-order valence-corrected chi connectivity index (χ4v) is 4.34. The maximum Gasteiger partial charge on any atom is 0.326 e. The Morgan fingerprint density at radius 1 is 0.875 bits per heavy atom. The molecule has 1 heterocycles. The number of hydrogen-bond acceptors (Lipinski definition) is 8. The van der Waals surface area contributed by atoms with Gasteiger partial charge in [-0.2, -0.15) is 11.8 Å². The quantitative estimate of drug-likeness (QED) is 0.121. The Bertz CT molecular complexity index is 1230. The maximum absolute atomic E-state index is 13.4. The minimum atomic E-state index is -1.46. The number of nitrogens with one attached hydrogen (secondary N) is 4. The van der Waals surface area contributed by atoms with Crippen LogP contribution < -0.4 is 21.7 Å². The minimum Gasteiger partial charge on any atom is -0.481 e. The molecule has 9 N–H and O–H groups in total. The lowest BCUT2D eigenvalue weighted by atomic mass is 10.0. The highest BCUT2D eigenvalue weighted by Crippen LogP contribution is 2.19. The van der Waals surface area contributed by atoms with E-state index in [9.17, 15) is 33.9 Å².